The van der Waals surface area contributed by atoms with E-state index in [1.165, 1.54) is 0 Å². The number of pyridine rings is 1. The molecule has 0 saturated carbocycles. The maximum Gasteiger partial charge on any atom is 0.252 e. The lowest BCUT2D eigenvalue weighted by Gasteiger charge is -2.04. The molecule has 0 aliphatic heterocycles. The van der Waals surface area contributed by atoms with Crippen LogP contribution in [-0.4, -0.2) is 27.2 Å². The summed E-state index contributed by atoms with van der Waals surface area (Å²) in [5, 5.41) is 7.23. The summed E-state index contributed by atoms with van der Waals surface area (Å²) in [7, 11) is 0. The Labute approximate surface area is 142 Å². The zero-order chi connectivity index (χ0) is 16.1. The Bertz CT molecular complexity index is 801. The van der Waals surface area contributed by atoms with E-state index in [4.69, 9.17) is 0 Å². The van der Waals surface area contributed by atoms with E-state index in [9.17, 15) is 4.79 Å². The molecule has 0 spiro atoms. The molecule has 5 nitrogen and oxygen atoms in total. The van der Waals surface area contributed by atoms with Crippen LogP contribution in [-0.2, 0) is 6.42 Å². The Kier molecular flexibility index (Phi) is 4.83. The molecule has 1 aromatic carbocycles. The van der Waals surface area contributed by atoms with Gasteiger partial charge in [0.1, 0.15) is 0 Å². The maximum atomic E-state index is 12.0. The van der Waals surface area contributed by atoms with Crippen LogP contribution in [0.4, 0.5) is 0 Å². The summed E-state index contributed by atoms with van der Waals surface area (Å²) in [4.78, 5) is 16.0. The van der Waals surface area contributed by atoms with Gasteiger partial charge < -0.3 is 5.32 Å². The van der Waals surface area contributed by atoms with Crippen LogP contribution < -0.4 is 5.32 Å². The van der Waals surface area contributed by atoms with Crippen LogP contribution in [0.5, 0.6) is 0 Å². The van der Waals surface area contributed by atoms with Gasteiger partial charge in [0, 0.05) is 29.6 Å². The molecule has 6 heteroatoms. The number of hydrogen-bond donors (Lipinski definition) is 1. The van der Waals surface area contributed by atoms with Gasteiger partial charge in [0.2, 0.25) is 0 Å². The van der Waals surface area contributed by atoms with Crippen LogP contribution in [0.3, 0.4) is 0 Å². The molecule has 0 aliphatic rings. The van der Waals surface area contributed by atoms with Gasteiger partial charge >= 0.3 is 0 Å². The van der Waals surface area contributed by atoms with Crippen molar-refractivity contribution in [2.24, 2.45) is 0 Å². The summed E-state index contributed by atoms with van der Waals surface area (Å²) < 4.78 is 2.62. The SMILES string of the molecule is O=C(NCCc1cnn(-c2ccccc2)c1)c1cncc(Br)c1. The molecule has 23 heavy (non-hydrogen) atoms. The first-order chi connectivity index (χ1) is 11.2. The Hall–Kier alpha value is -2.47. The second-order valence-corrected chi connectivity index (χ2v) is 5.94. The minimum absolute atomic E-state index is 0.130. The van der Waals surface area contributed by atoms with E-state index in [0.717, 1.165) is 22.1 Å². The number of amides is 1. The number of aromatic nitrogens is 3. The largest absolute Gasteiger partial charge is 0.352 e. The van der Waals surface area contributed by atoms with Crippen molar-refractivity contribution in [1.82, 2.24) is 20.1 Å². The van der Waals surface area contributed by atoms with E-state index in [0.29, 0.717) is 12.1 Å². The van der Waals surface area contributed by atoms with Gasteiger partial charge in [-0.05, 0) is 46.1 Å². The van der Waals surface area contributed by atoms with Gasteiger partial charge in [-0.2, -0.15) is 5.10 Å². The zero-order valence-electron chi connectivity index (χ0n) is 12.3. The lowest BCUT2D eigenvalue weighted by molar-refractivity contribution is 0.0953. The van der Waals surface area contributed by atoms with E-state index in [2.05, 4.69) is 31.3 Å². The Morgan fingerprint density at radius 3 is 2.78 bits per heavy atom. The van der Waals surface area contributed by atoms with Crippen molar-refractivity contribution in [2.75, 3.05) is 6.54 Å². The van der Waals surface area contributed by atoms with Gasteiger partial charge in [-0.1, -0.05) is 18.2 Å². The number of para-hydroxylation sites is 1. The third-order valence-corrected chi connectivity index (χ3v) is 3.76. The zero-order valence-corrected chi connectivity index (χ0v) is 13.9. The standard InChI is InChI=1S/C17H15BrN4O/c18-15-8-14(10-19-11-15)17(23)20-7-6-13-9-21-22(12-13)16-4-2-1-3-5-16/h1-5,8-12H,6-7H2,(H,20,23). The Morgan fingerprint density at radius 1 is 1.17 bits per heavy atom. The van der Waals surface area contributed by atoms with Crippen molar-refractivity contribution in [3.05, 3.63) is 76.8 Å². The normalized spacial score (nSPS) is 10.5. The third kappa shape index (κ3) is 4.04. The first kappa shape index (κ1) is 15.4. The molecule has 2 heterocycles. The topological polar surface area (TPSA) is 59.8 Å². The Balaban J connectivity index is 1.55. The van der Waals surface area contributed by atoms with Gasteiger partial charge in [-0.15, -0.1) is 0 Å². The minimum atomic E-state index is -0.130. The smallest absolute Gasteiger partial charge is 0.252 e. The van der Waals surface area contributed by atoms with Crippen LogP contribution in [0, 0.1) is 0 Å². The van der Waals surface area contributed by atoms with E-state index < -0.39 is 0 Å². The first-order valence-electron chi connectivity index (χ1n) is 7.20. The van der Waals surface area contributed by atoms with E-state index in [1.807, 2.05) is 47.4 Å². The molecule has 0 radical (unpaired) electrons. The fraction of sp³-hybridized carbons (Fsp3) is 0.118. The molecular weight excluding hydrogens is 356 g/mol. The molecule has 3 rings (SSSR count). The number of hydrogen-bond acceptors (Lipinski definition) is 3. The highest BCUT2D eigenvalue weighted by Gasteiger charge is 2.06. The van der Waals surface area contributed by atoms with Crippen LogP contribution >= 0.6 is 15.9 Å². The van der Waals surface area contributed by atoms with Crippen LogP contribution in [0.2, 0.25) is 0 Å². The number of rotatable bonds is 5. The number of nitrogens with zero attached hydrogens (tertiary/aromatic N) is 3. The summed E-state index contributed by atoms with van der Waals surface area (Å²) in [6, 6.07) is 11.7. The molecule has 1 N–H and O–H groups in total. The molecule has 116 valence electrons. The van der Waals surface area contributed by atoms with Gasteiger partial charge in [0.25, 0.3) is 5.91 Å². The average molecular weight is 371 g/mol. The average Bonchev–Trinajstić information content (AvgIpc) is 3.04. The molecular formula is C17H15BrN4O. The molecule has 3 aromatic rings. The highest BCUT2D eigenvalue weighted by atomic mass is 79.9. The van der Waals surface area contributed by atoms with Crippen LogP contribution in [0.1, 0.15) is 15.9 Å². The van der Waals surface area contributed by atoms with Gasteiger partial charge in [0.15, 0.2) is 0 Å². The minimum Gasteiger partial charge on any atom is -0.352 e. The van der Waals surface area contributed by atoms with Gasteiger partial charge in [-0.3, -0.25) is 9.78 Å². The summed E-state index contributed by atoms with van der Waals surface area (Å²) in [5.41, 5.74) is 2.63. The van der Waals surface area contributed by atoms with Crippen LogP contribution in [0.15, 0.2) is 65.7 Å². The number of halogens is 1. The van der Waals surface area contributed by atoms with Crippen molar-refractivity contribution in [3.63, 3.8) is 0 Å². The molecule has 0 atom stereocenters. The molecule has 0 unspecified atom stereocenters. The molecule has 0 fully saturated rings. The highest BCUT2D eigenvalue weighted by molar-refractivity contribution is 9.10. The van der Waals surface area contributed by atoms with Crippen molar-refractivity contribution in [2.45, 2.75) is 6.42 Å². The van der Waals surface area contributed by atoms with Gasteiger partial charge in [0.05, 0.1) is 17.4 Å². The van der Waals surface area contributed by atoms with Gasteiger partial charge in [-0.25, -0.2) is 4.68 Å². The number of carbonyl (C=O) groups excluding carboxylic acids is 1. The molecule has 0 aliphatic carbocycles. The summed E-state index contributed by atoms with van der Waals surface area (Å²) in [6.07, 6.45) is 7.71. The Morgan fingerprint density at radius 2 is 2.00 bits per heavy atom. The van der Waals surface area contributed by atoms with Crippen molar-refractivity contribution >= 4 is 21.8 Å². The second kappa shape index (κ2) is 7.19. The fourth-order valence-corrected chi connectivity index (χ4v) is 2.53. The summed E-state index contributed by atoms with van der Waals surface area (Å²) >= 11 is 3.31. The quantitative estimate of drug-likeness (QED) is 0.750. The highest BCUT2D eigenvalue weighted by Crippen LogP contribution is 2.10. The predicted molar refractivity (Wildman–Crippen MR) is 91.5 cm³/mol. The number of benzene rings is 1. The number of nitrogens with one attached hydrogen (secondary N) is 1. The maximum absolute atomic E-state index is 12.0. The molecule has 1 amide bonds. The second-order valence-electron chi connectivity index (χ2n) is 5.03. The van der Waals surface area contributed by atoms with Crippen LogP contribution in [0.25, 0.3) is 5.69 Å². The van der Waals surface area contributed by atoms with E-state index in [1.54, 1.807) is 18.5 Å². The monoisotopic (exact) mass is 370 g/mol. The summed E-state index contributed by atoms with van der Waals surface area (Å²) in [6.45, 7) is 0.547. The van der Waals surface area contributed by atoms with Crippen molar-refractivity contribution in [3.8, 4) is 5.69 Å². The summed E-state index contributed by atoms with van der Waals surface area (Å²) in [5.74, 6) is -0.130. The third-order valence-electron chi connectivity index (χ3n) is 3.32. The van der Waals surface area contributed by atoms with Crippen molar-refractivity contribution in [1.29, 1.82) is 0 Å². The molecule has 0 saturated heterocycles. The predicted octanol–water partition coefficient (Wildman–Crippen LogP) is 3.00. The fourth-order valence-electron chi connectivity index (χ4n) is 2.17. The van der Waals surface area contributed by atoms with Crippen molar-refractivity contribution < 1.29 is 4.79 Å². The lowest BCUT2D eigenvalue weighted by Crippen LogP contribution is -2.25. The van der Waals surface area contributed by atoms with E-state index >= 15 is 0 Å². The van der Waals surface area contributed by atoms with E-state index in [-0.39, 0.29) is 5.91 Å². The lowest BCUT2D eigenvalue weighted by atomic mass is 10.2. The molecule has 0 bridgehead atoms. The number of carbonyl (C=O) groups is 1. The first-order valence-corrected chi connectivity index (χ1v) is 7.99. The molecule has 2 aromatic heterocycles.